The van der Waals surface area contributed by atoms with Gasteiger partial charge in [-0.3, -0.25) is 4.79 Å². The summed E-state index contributed by atoms with van der Waals surface area (Å²) in [6.45, 7) is 1.82. The molecule has 0 bridgehead atoms. The van der Waals surface area contributed by atoms with Crippen molar-refractivity contribution in [3.8, 4) is 5.75 Å². The molecule has 1 aromatic heterocycles. The van der Waals surface area contributed by atoms with Crippen molar-refractivity contribution in [2.24, 2.45) is 0 Å². The number of fused-ring (bicyclic) bond motifs is 1. The van der Waals surface area contributed by atoms with Crippen molar-refractivity contribution in [2.75, 3.05) is 0 Å². The number of amides is 1. The lowest BCUT2D eigenvalue weighted by Gasteiger charge is -2.21. The summed E-state index contributed by atoms with van der Waals surface area (Å²) in [7, 11) is 0. The summed E-state index contributed by atoms with van der Waals surface area (Å²) in [6.07, 6.45) is 0.410. The monoisotopic (exact) mass is 311 g/mol. The molecule has 3 nitrogen and oxygen atoms in total. The van der Waals surface area contributed by atoms with E-state index in [-0.39, 0.29) is 17.7 Å². The third-order valence-corrected chi connectivity index (χ3v) is 4.63. The predicted molar refractivity (Wildman–Crippen MR) is 90.2 cm³/mol. The number of hydrogen-bond donors (Lipinski definition) is 2. The molecule has 0 aliphatic heterocycles. The zero-order chi connectivity index (χ0) is 15.5. The third kappa shape index (κ3) is 2.70. The van der Waals surface area contributed by atoms with Gasteiger partial charge >= 0.3 is 0 Å². The molecule has 1 atom stereocenters. The van der Waals surface area contributed by atoms with Crippen molar-refractivity contribution in [1.29, 1.82) is 0 Å². The molecule has 4 heteroatoms. The van der Waals surface area contributed by atoms with Crippen molar-refractivity contribution in [1.82, 2.24) is 5.32 Å². The van der Waals surface area contributed by atoms with E-state index in [9.17, 15) is 9.90 Å². The molecule has 3 rings (SSSR count). The molecule has 2 aromatic carbocycles. The molecule has 1 unspecified atom stereocenters. The number of hydrogen-bond acceptors (Lipinski definition) is 3. The van der Waals surface area contributed by atoms with Gasteiger partial charge in [0.1, 0.15) is 5.75 Å². The molecule has 1 amide bonds. The second-order valence-electron chi connectivity index (χ2n) is 5.09. The number of phenols is 1. The van der Waals surface area contributed by atoms with Crippen LogP contribution in [0.3, 0.4) is 0 Å². The number of rotatable bonds is 4. The van der Waals surface area contributed by atoms with Gasteiger partial charge in [0, 0.05) is 16.9 Å². The van der Waals surface area contributed by atoms with Crippen LogP contribution in [0.1, 0.15) is 29.8 Å². The van der Waals surface area contributed by atoms with E-state index in [1.807, 2.05) is 54.8 Å². The first kappa shape index (κ1) is 14.6. The summed E-state index contributed by atoms with van der Waals surface area (Å²) in [5, 5.41) is 17.4. The Morgan fingerprint density at radius 2 is 2.00 bits per heavy atom. The third-order valence-electron chi connectivity index (χ3n) is 3.69. The van der Waals surface area contributed by atoms with E-state index < -0.39 is 0 Å². The second kappa shape index (κ2) is 6.20. The quantitative estimate of drug-likeness (QED) is 0.758. The van der Waals surface area contributed by atoms with Crippen LogP contribution in [-0.2, 0) is 4.79 Å². The summed E-state index contributed by atoms with van der Waals surface area (Å²) in [4.78, 5) is 13.0. The number of carbonyl (C=O) groups is 1. The van der Waals surface area contributed by atoms with Gasteiger partial charge in [-0.25, -0.2) is 0 Å². The van der Waals surface area contributed by atoms with Crippen molar-refractivity contribution in [2.45, 2.75) is 19.4 Å². The lowest BCUT2D eigenvalue weighted by Crippen LogP contribution is -2.28. The highest BCUT2D eigenvalue weighted by molar-refractivity contribution is 7.10. The van der Waals surface area contributed by atoms with Gasteiger partial charge in [-0.1, -0.05) is 43.3 Å². The highest BCUT2D eigenvalue weighted by atomic mass is 32.1. The number of carbonyl (C=O) groups excluding carboxylic acids is 1. The molecule has 0 saturated carbocycles. The van der Waals surface area contributed by atoms with Gasteiger partial charge in [0.15, 0.2) is 0 Å². The highest BCUT2D eigenvalue weighted by Crippen LogP contribution is 2.37. The zero-order valence-corrected chi connectivity index (χ0v) is 13.1. The summed E-state index contributed by atoms with van der Waals surface area (Å²) in [5.74, 6) is 0.166. The zero-order valence-electron chi connectivity index (χ0n) is 12.2. The second-order valence-corrected chi connectivity index (χ2v) is 6.07. The molecule has 0 aliphatic carbocycles. The molecule has 0 spiro atoms. The average molecular weight is 311 g/mol. The van der Waals surface area contributed by atoms with Crippen LogP contribution >= 0.6 is 11.3 Å². The van der Waals surface area contributed by atoms with Crippen LogP contribution in [0.2, 0.25) is 0 Å². The fourth-order valence-corrected chi connectivity index (χ4v) is 3.38. The smallest absolute Gasteiger partial charge is 0.220 e. The Labute approximate surface area is 133 Å². The largest absolute Gasteiger partial charge is 0.508 e. The number of aromatic hydroxyl groups is 1. The van der Waals surface area contributed by atoms with Gasteiger partial charge in [0.25, 0.3) is 0 Å². The molecule has 0 aliphatic rings. The van der Waals surface area contributed by atoms with Gasteiger partial charge in [-0.05, 0) is 28.3 Å². The van der Waals surface area contributed by atoms with Crippen LogP contribution in [0, 0.1) is 0 Å². The number of phenolic OH excluding ortho intramolecular Hbond substituents is 1. The Morgan fingerprint density at radius 1 is 1.18 bits per heavy atom. The van der Waals surface area contributed by atoms with Crippen LogP contribution in [0.15, 0.2) is 53.9 Å². The average Bonchev–Trinajstić information content (AvgIpc) is 3.07. The predicted octanol–water partition coefficient (Wildman–Crippen LogP) is 4.22. The van der Waals surface area contributed by atoms with Crippen LogP contribution < -0.4 is 5.32 Å². The number of thiophene rings is 1. The minimum absolute atomic E-state index is 0.0364. The summed E-state index contributed by atoms with van der Waals surface area (Å²) >= 11 is 1.57. The maximum absolute atomic E-state index is 11.9. The van der Waals surface area contributed by atoms with Gasteiger partial charge in [0.05, 0.1) is 6.04 Å². The molecule has 0 radical (unpaired) electrons. The normalized spacial score (nSPS) is 12.2. The standard InChI is InChI=1S/C18H17NO2S/c1-2-16(21)19-18(15-8-5-11-22-15)17-13-7-4-3-6-12(13)9-10-14(17)20/h3-11,18,20H,2H2,1H3,(H,19,21). The Morgan fingerprint density at radius 3 is 2.73 bits per heavy atom. The molecule has 2 N–H and O–H groups in total. The topological polar surface area (TPSA) is 49.3 Å². The van der Waals surface area contributed by atoms with Gasteiger partial charge in [-0.2, -0.15) is 0 Å². The van der Waals surface area contributed by atoms with E-state index in [0.29, 0.717) is 6.42 Å². The van der Waals surface area contributed by atoms with Crippen LogP contribution in [0.25, 0.3) is 10.8 Å². The van der Waals surface area contributed by atoms with E-state index in [2.05, 4.69) is 5.32 Å². The molecular weight excluding hydrogens is 294 g/mol. The first-order valence-corrected chi connectivity index (χ1v) is 8.12. The fraction of sp³-hybridized carbons (Fsp3) is 0.167. The summed E-state index contributed by atoms with van der Waals surface area (Å²) in [5.41, 5.74) is 0.752. The first-order chi connectivity index (χ1) is 10.7. The highest BCUT2D eigenvalue weighted by Gasteiger charge is 2.22. The minimum atomic E-state index is -0.335. The molecule has 22 heavy (non-hydrogen) atoms. The molecule has 1 heterocycles. The lowest BCUT2D eigenvalue weighted by molar-refractivity contribution is -0.121. The van der Waals surface area contributed by atoms with Gasteiger partial charge in [-0.15, -0.1) is 11.3 Å². The van der Waals surface area contributed by atoms with Crippen LogP contribution in [0.4, 0.5) is 0 Å². The number of benzene rings is 2. The Kier molecular flexibility index (Phi) is 4.11. The Hall–Kier alpha value is -2.33. The molecular formula is C18H17NO2S. The van der Waals surface area contributed by atoms with Gasteiger partial charge < -0.3 is 10.4 Å². The van der Waals surface area contributed by atoms with Crippen molar-refractivity contribution >= 4 is 28.0 Å². The molecule has 0 fully saturated rings. The maximum Gasteiger partial charge on any atom is 0.220 e. The van der Waals surface area contributed by atoms with E-state index in [0.717, 1.165) is 21.2 Å². The van der Waals surface area contributed by atoms with E-state index >= 15 is 0 Å². The van der Waals surface area contributed by atoms with Crippen molar-refractivity contribution in [3.05, 3.63) is 64.4 Å². The SMILES string of the molecule is CCC(=O)NC(c1cccs1)c1c(O)ccc2ccccc12. The van der Waals surface area contributed by atoms with E-state index in [1.165, 1.54) is 0 Å². The van der Waals surface area contributed by atoms with Crippen LogP contribution in [0.5, 0.6) is 5.75 Å². The first-order valence-electron chi connectivity index (χ1n) is 7.24. The molecule has 0 saturated heterocycles. The Balaban J connectivity index is 2.19. The fourth-order valence-electron chi connectivity index (χ4n) is 2.59. The number of nitrogens with one attached hydrogen (secondary N) is 1. The maximum atomic E-state index is 11.9. The summed E-state index contributed by atoms with van der Waals surface area (Å²) in [6, 6.07) is 15.1. The molecule has 112 valence electrons. The van der Waals surface area contributed by atoms with E-state index in [1.54, 1.807) is 17.4 Å². The minimum Gasteiger partial charge on any atom is -0.508 e. The van der Waals surface area contributed by atoms with Crippen molar-refractivity contribution in [3.63, 3.8) is 0 Å². The lowest BCUT2D eigenvalue weighted by atomic mass is 9.96. The van der Waals surface area contributed by atoms with E-state index in [4.69, 9.17) is 0 Å². The van der Waals surface area contributed by atoms with Crippen molar-refractivity contribution < 1.29 is 9.90 Å². The summed E-state index contributed by atoms with van der Waals surface area (Å²) < 4.78 is 0. The Bertz CT molecular complexity index is 796. The van der Waals surface area contributed by atoms with Gasteiger partial charge in [0.2, 0.25) is 5.91 Å². The molecule has 3 aromatic rings. The van der Waals surface area contributed by atoms with Crippen LogP contribution in [-0.4, -0.2) is 11.0 Å².